The number of hydrogen-bond donors (Lipinski definition) is 2. The number of amides is 1. The zero-order chi connectivity index (χ0) is 17.0. The lowest BCUT2D eigenvalue weighted by atomic mass is 10.2. The highest BCUT2D eigenvalue weighted by molar-refractivity contribution is 7.92. The van der Waals surface area contributed by atoms with Crippen molar-refractivity contribution >= 4 is 27.3 Å². The Hall–Kier alpha value is -2.61. The Morgan fingerprint density at radius 3 is 2.57 bits per heavy atom. The van der Waals surface area contributed by atoms with Crippen LogP contribution in [-0.4, -0.2) is 32.7 Å². The van der Waals surface area contributed by atoms with Crippen molar-refractivity contribution in [3.8, 4) is 5.75 Å². The molecule has 0 aliphatic heterocycles. The molecular weight excluding hydrogens is 318 g/mol. The van der Waals surface area contributed by atoms with Crippen molar-refractivity contribution in [2.45, 2.75) is 6.92 Å². The van der Waals surface area contributed by atoms with E-state index in [-0.39, 0.29) is 5.91 Å². The minimum absolute atomic E-state index is 0.293. The van der Waals surface area contributed by atoms with Crippen LogP contribution in [0, 0.1) is 6.92 Å². The Morgan fingerprint density at radius 1 is 1.22 bits per heavy atom. The van der Waals surface area contributed by atoms with Gasteiger partial charge in [-0.3, -0.25) is 9.52 Å². The first kappa shape index (κ1) is 16.8. The summed E-state index contributed by atoms with van der Waals surface area (Å²) in [6.07, 6.45) is 1.05. The smallest absolute Gasteiger partial charge is 0.274 e. The van der Waals surface area contributed by atoms with E-state index in [1.54, 1.807) is 31.2 Å². The van der Waals surface area contributed by atoms with Gasteiger partial charge in [0, 0.05) is 17.4 Å². The second-order valence-corrected chi connectivity index (χ2v) is 6.66. The fourth-order valence-electron chi connectivity index (χ4n) is 1.92. The molecule has 0 saturated heterocycles. The minimum Gasteiger partial charge on any atom is -0.494 e. The highest BCUT2D eigenvalue weighted by atomic mass is 32.2. The maximum atomic E-state index is 12.2. The molecule has 0 atom stereocenters. The molecule has 0 aliphatic carbocycles. The van der Waals surface area contributed by atoms with Crippen molar-refractivity contribution < 1.29 is 17.9 Å². The highest BCUT2D eigenvalue weighted by Crippen LogP contribution is 2.28. The standard InChI is InChI=1S/C15H17N3O4S/c1-10-5-4-6-13(16-10)15(19)17-11-7-8-12(14(9-11)22-2)18-23(3,20)21/h4-9,18H,1-3H3,(H,17,19). The molecule has 122 valence electrons. The van der Waals surface area contributed by atoms with E-state index >= 15 is 0 Å². The predicted molar refractivity (Wildman–Crippen MR) is 88.4 cm³/mol. The lowest BCUT2D eigenvalue weighted by Gasteiger charge is -2.12. The van der Waals surface area contributed by atoms with Crippen molar-refractivity contribution in [1.29, 1.82) is 0 Å². The van der Waals surface area contributed by atoms with Gasteiger partial charge in [0.15, 0.2) is 0 Å². The number of sulfonamides is 1. The summed E-state index contributed by atoms with van der Waals surface area (Å²) in [7, 11) is -2.01. The van der Waals surface area contributed by atoms with Crippen LogP contribution in [0.5, 0.6) is 5.75 Å². The van der Waals surface area contributed by atoms with E-state index in [1.165, 1.54) is 19.2 Å². The number of hydrogen-bond acceptors (Lipinski definition) is 5. The van der Waals surface area contributed by atoms with Crippen LogP contribution < -0.4 is 14.8 Å². The summed E-state index contributed by atoms with van der Waals surface area (Å²) < 4.78 is 30.1. The average Bonchev–Trinajstić information content (AvgIpc) is 2.47. The number of carbonyl (C=O) groups excluding carboxylic acids is 1. The number of aryl methyl sites for hydroxylation is 1. The van der Waals surface area contributed by atoms with Crippen LogP contribution in [0.1, 0.15) is 16.2 Å². The van der Waals surface area contributed by atoms with E-state index in [2.05, 4.69) is 15.0 Å². The predicted octanol–water partition coefficient (Wildman–Crippen LogP) is 2.02. The van der Waals surface area contributed by atoms with Crippen LogP contribution in [-0.2, 0) is 10.0 Å². The second kappa shape index (κ2) is 6.66. The first-order chi connectivity index (χ1) is 10.8. The number of anilines is 2. The number of rotatable bonds is 5. The van der Waals surface area contributed by atoms with Crippen LogP contribution in [0.15, 0.2) is 36.4 Å². The zero-order valence-corrected chi connectivity index (χ0v) is 13.8. The van der Waals surface area contributed by atoms with Gasteiger partial charge in [0.05, 0.1) is 19.1 Å². The van der Waals surface area contributed by atoms with Gasteiger partial charge < -0.3 is 10.1 Å². The monoisotopic (exact) mass is 335 g/mol. The molecule has 1 amide bonds. The van der Waals surface area contributed by atoms with Gasteiger partial charge in [-0.25, -0.2) is 13.4 Å². The van der Waals surface area contributed by atoms with Crippen molar-refractivity contribution in [1.82, 2.24) is 4.98 Å². The van der Waals surface area contributed by atoms with Crippen LogP contribution >= 0.6 is 0 Å². The van der Waals surface area contributed by atoms with Gasteiger partial charge in [-0.1, -0.05) is 6.07 Å². The van der Waals surface area contributed by atoms with E-state index in [4.69, 9.17) is 4.74 Å². The summed E-state index contributed by atoms with van der Waals surface area (Å²) in [5.41, 5.74) is 1.79. The molecule has 0 unspecified atom stereocenters. The molecule has 1 aromatic heterocycles. The fourth-order valence-corrected chi connectivity index (χ4v) is 2.49. The lowest BCUT2D eigenvalue weighted by Crippen LogP contribution is -2.14. The van der Waals surface area contributed by atoms with Gasteiger partial charge in [0.2, 0.25) is 10.0 Å². The molecule has 7 nitrogen and oxygen atoms in total. The Balaban J connectivity index is 2.22. The molecule has 2 N–H and O–H groups in total. The number of aromatic nitrogens is 1. The Labute approximate surface area is 134 Å². The number of pyridine rings is 1. The molecule has 1 aromatic carbocycles. The van der Waals surface area contributed by atoms with Crippen molar-refractivity contribution in [2.75, 3.05) is 23.4 Å². The average molecular weight is 335 g/mol. The number of benzene rings is 1. The van der Waals surface area contributed by atoms with Crippen molar-refractivity contribution in [2.24, 2.45) is 0 Å². The van der Waals surface area contributed by atoms with E-state index in [0.29, 0.717) is 22.8 Å². The molecule has 0 fully saturated rings. The summed E-state index contributed by atoms with van der Waals surface area (Å²) in [5, 5.41) is 2.69. The van der Waals surface area contributed by atoms with Gasteiger partial charge in [0.25, 0.3) is 5.91 Å². The molecule has 8 heteroatoms. The van der Waals surface area contributed by atoms with E-state index < -0.39 is 10.0 Å². The highest BCUT2D eigenvalue weighted by Gasteiger charge is 2.12. The number of carbonyl (C=O) groups is 1. The quantitative estimate of drug-likeness (QED) is 0.871. The Kier molecular flexibility index (Phi) is 4.85. The third-order valence-electron chi connectivity index (χ3n) is 2.88. The van der Waals surface area contributed by atoms with Crippen LogP contribution in [0.2, 0.25) is 0 Å². The van der Waals surface area contributed by atoms with E-state index in [0.717, 1.165) is 11.9 Å². The third kappa shape index (κ3) is 4.68. The van der Waals surface area contributed by atoms with Gasteiger partial charge in [-0.2, -0.15) is 0 Å². The molecule has 23 heavy (non-hydrogen) atoms. The molecule has 2 aromatic rings. The normalized spacial score (nSPS) is 10.9. The second-order valence-electron chi connectivity index (χ2n) is 4.91. The van der Waals surface area contributed by atoms with Gasteiger partial charge >= 0.3 is 0 Å². The SMILES string of the molecule is COc1cc(NC(=O)c2cccc(C)n2)ccc1NS(C)(=O)=O. The Morgan fingerprint density at radius 2 is 1.96 bits per heavy atom. The van der Waals surface area contributed by atoms with Crippen molar-refractivity contribution in [3.05, 3.63) is 47.8 Å². The third-order valence-corrected chi connectivity index (χ3v) is 3.47. The van der Waals surface area contributed by atoms with E-state index in [1.807, 2.05) is 0 Å². The van der Waals surface area contributed by atoms with Gasteiger partial charge in [-0.15, -0.1) is 0 Å². The number of ether oxygens (including phenoxy) is 1. The number of methoxy groups -OCH3 is 1. The summed E-state index contributed by atoms with van der Waals surface area (Å²) in [4.78, 5) is 16.3. The fraction of sp³-hybridized carbons (Fsp3) is 0.200. The number of nitrogens with zero attached hydrogens (tertiary/aromatic N) is 1. The molecule has 0 spiro atoms. The zero-order valence-electron chi connectivity index (χ0n) is 13.0. The molecule has 0 aliphatic rings. The lowest BCUT2D eigenvalue weighted by molar-refractivity contribution is 0.102. The van der Waals surface area contributed by atoms with E-state index in [9.17, 15) is 13.2 Å². The molecular formula is C15H17N3O4S. The van der Waals surface area contributed by atoms with Gasteiger partial charge in [-0.05, 0) is 31.2 Å². The topological polar surface area (TPSA) is 97.4 Å². The van der Waals surface area contributed by atoms with Gasteiger partial charge in [0.1, 0.15) is 11.4 Å². The maximum Gasteiger partial charge on any atom is 0.274 e. The molecule has 1 heterocycles. The number of nitrogens with one attached hydrogen (secondary N) is 2. The maximum absolute atomic E-state index is 12.2. The first-order valence-corrected chi connectivity index (χ1v) is 8.58. The van der Waals surface area contributed by atoms with Crippen molar-refractivity contribution in [3.63, 3.8) is 0 Å². The van der Waals surface area contributed by atoms with Crippen LogP contribution in [0.25, 0.3) is 0 Å². The Bertz CT molecular complexity index is 834. The molecule has 0 saturated carbocycles. The molecule has 0 radical (unpaired) electrons. The first-order valence-electron chi connectivity index (χ1n) is 6.69. The summed E-state index contributed by atoms with van der Waals surface area (Å²) in [6.45, 7) is 1.80. The van der Waals surface area contributed by atoms with Crippen LogP contribution in [0.4, 0.5) is 11.4 Å². The molecule has 2 rings (SSSR count). The summed E-state index contributed by atoms with van der Waals surface area (Å²) in [5.74, 6) is -0.0648. The largest absolute Gasteiger partial charge is 0.494 e. The van der Waals surface area contributed by atoms with Crippen LogP contribution in [0.3, 0.4) is 0 Å². The minimum atomic E-state index is -3.42. The molecule has 0 bridgehead atoms. The summed E-state index contributed by atoms with van der Waals surface area (Å²) >= 11 is 0. The summed E-state index contributed by atoms with van der Waals surface area (Å²) in [6, 6.07) is 9.77.